The molecule has 9 heteroatoms. The van der Waals surface area contributed by atoms with E-state index in [2.05, 4.69) is 5.32 Å². The van der Waals surface area contributed by atoms with E-state index in [0.29, 0.717) is 0 Å². The van der Waals surface area contributed by atoms with Crippen molar-refractivity contribution in [2.45, 2.75) is 23.1 Å². The van der Waals surface area contributed by atoms with Crippen LogP contribution in [0.15, 0.2) is 53.4 Å². The minimum Gasteiger partial charge on any atom is -0.348 e. The number of rotatable bonds is 5. The highest BCUT2D eigenvalue weighted by molar-refractivity contribution is 7.96. The summed E-state index contributed by atoms with van der Waals surface area (Å²) in [6, 6.07) is 13.1. The molecule has 1 saturated heterocycles. The number of hydrogen-bond acceptors (Lipinski definition) is 5. The van der Waals surface area contributed by atoms with E-state index in [0.717, 1.165) is 5.56 Å². The third-order valence-electron chi connectivity index (χ3n) is 4.44. The number of amides is 1. The average Bonchev–Trinajstić information content (AvgIpc) is 3.01. The summed E-state index contributed by atoms with van der Waals surface area (Å²) in [4.78, 5) is 12.4. The van der Waals surface area contributed by atoms with Crippen molar-refractivity contribution in [3.8, 4) is 0 Å². The summed E-state index contributed by atoms with van der Waals surface area (Å²) in [5, 5.41) is 1.83. The van der Waals surface area contributed by atoms with Gasteiger partial charge in [0.1, 0.15) is 0 Å². The van der Waals surface area contributed by atoms with Gasteiger partial charge in [0.05, 0.1) is 32.2 Å². The van der Waals surface area contributed by atoms with Crippen LogP contribution >= 0.6 is 11.6 Å². The molecule has 6 nitrogen and oxygen atoms in total. The van der Waals surface area contributed by atoms with Gasteiger partial charge in [0.15, 0.2) is 19.7 Å². The number of hydrogen-bond donors (Lipinski definition) is 1. The summed E-state index contributed by atoms with van der Waals surface area (Å²) >= 11 is 6.08. The second-order valence-corrected chi connectivity index (χ2v) is 11.2. The molecule has 1 aliphatic heterocycles. The Labute approximate surface area is 163 Å². The molecule has 144 valence electrons. The molecule has 0 spiro atoms. The molecular weight excluding hydrogens is 410 g/mol. The molecule has 1 fully saturated rings. The van der Waals surface area contributed by atoms with Crippen LogP contribution < -0.4 is 5.32 Å². The van der Waals surface area contributed by atoms with Gasteiger partial charge in [0, 0.05) is 6.54 Å². The Morgan fingerprint density at radius 1 is 1.15 bits per heavy atom. The zero-order valence-electron chi connectivity index (χ0n) is 14.3. The maximum atomic E-state index is 12.7. The molecule has 2 aromatic carbocycles. The Balaban J connectivity index is 1.82. The smallest absolute Gasteiger partial charge is 0.253 e. The summed E-state index contributed by atoms with van der Waals surface area (Å²) in [5.74, 6) is -1.04. The molecule has 0 saturated carbocycles. The Bertz CT molecular complexity index is 1070. The van der Waals surface area contributed by atoms with Crippen LogP contribution in [0.4, 0.5) is 0 Å². The second kappa shape index (κ2) is 7.61. The first-order valence-corrected chi connectivity index (χ1v) is 12.0. The van der Waals surface area contributed by atoms with Gasteiger partial charge < -0.3 is 5.32 Å². The number of nitrogens with one attached hydrogen (secondary N) is 1. The summed E-state index contributed by atoms with van der Waals surface area (Å²) in [6.45, 7) is 0.272. The highest BCUT2D eigenvalue weighted by atomic mass is 35.5. The van der Waals surface area contributed by atoms with Crippen LogP contribution in [0.1, 0.15) is 22.3 Å². The molecule has 0 aromatic heterocycles. The lowest BCUT2D eigenvalue weighted by Crippen LogP contribution is -2.25. The molecule has 27 heavy (non-hydrogen) atoms. The van der Waals surface area contributed by atoms with Gasteiger partial charge in [-0.1, -0.05) is 41.9 Å². The molecule has 1 N–H and O–H groups in total. The normalized spacial score (nSPS) is 18.9. The van der Waals surface area contributed by atoms with Crippen LogP contribution in [-0.2, 0) is 26.2 Å². The first-order chi connectivity index (χ1) is 12.7. The fraction of sp³-hybridized carbons (Fsp3) is 0.278. The summed E-state index contributed by atoms with van der Waals surface area (Å²) < 4.78 is 48.7. The zero-order chi connectivity index (χ0) is 19.7. The van der Waals surface area contributed by atoms with Crippen molar-refractivity contribution in [3.63, 3.8) is 0 Å². The fourth-order valence-electron chi connectivity index (χ4n) is 2.93. The third-order valence-corrected chi connectivity index (χ3v) is 8.94. The first-order valence-electron chi connectivity index (χ1n) is 8.25. The standard InChI is InChI=1S/C18H18ClNO5S2/c19-17-7-6-14(27(24,25)15-8-9-26(22,23)12-15)10-16(17)18(21)20-11-13-4-2-1-3-5-13/h1-7,10,15H,8-9,11-12H2,(H,20,21). The zero-order valence-corrected chi connectivity index (χ0v) is 16.6. The van der Waals surface area contributed by atoms with Crippen LogP contribution in [0.5, 0.6) is 0 Å². The van der Waals surface area contributed by atoms with Gasteiger partial charge in [-0.2, -0.15) is 0 Å². The molecule has 1 unspecified atom stereocenters. The maximum Gasteiger partial charge on any atom is 0.253 e. The third kappa shape index (κ3) is 4.51. The van der Waals surface area contributed by atoms with Crippen molar-refractivity contribution < 1.29 is 21.6 Å². The van der Waals surface area contributed by atoms with E-state index in [-0.39, 0.29) is 34.2 Å². The van der Waals surface area contributed by atoms with E-state index in [1.165, 1.54) is 18.2 Å². The van der Waals surface area contributed by atoms with E-state index in [1.807, 2.05) is 30.3 Å². The molecule has 0 aliphatic carbocycles. The van der Waals surface area contributed by atoms with E-state index >= 15 is 0 Å². The highest BCUT2D eigenvalue weighted by Crippen LogP contribution is 2.28. The average molecular weight is 428 g/mol. The van der Waals surface area contributed by atoms with Crippen LogP contribution in [0, 0.1) is 0 Å². The molecule has 2 aromatic rings. The number of carbonyl (C=O) groups is 1. The Kier molecular flexibility index (Phi) is 5.60. The SMILES string of the molecule is O=C(NCc1ccccc1)c1cc(S(=O)(=O)C2CCS(=O)(=O)C2)ccc1Cl. The van der Waals surface area contributed by atoms with E-state index in [9.17, 15) is 21.6 Å². The van der Waals surface area contributed by atoms with Crippen molar-refractivity contribution in [3.05, 3.63) is 64.7 Å². The van der Waals surface area contributed by atoms with Gasteiger partial charge in [0.2, 0.25) is 0 Å². The van der Waals surface area contributed by atoms with Crippen LogP contribution in [0.3, 0.4) is 0 Å². The van der Waals surface area contributed by atoms with Crippen LogP contribution in [0.25, 0.3) is 0 Å². The van der Waals surface area contributed by atoms with E-state index in [1.54, 1.807) is 0 Å². The van der Waals surface area contributed by atoms with Crippen molar-refractivity contribution in [1.29, 1.82) is 0 Å². The van der Waals surface area contributed by atoms with Crippen molar-refractivity contribution in [2.75, 3.05) is 11.5 Å². The molecule has 0 radical (unpaired) electrons. The summed E-state index contributed by atoms with van der Waals surface area (Å²) in [5.41, 5.74) is 0.927. The van der Waals surface area contributed by atoms with Gasteiger partial charge in [-0.15, -0.1) is 0 Å². The molecule has 1 heterocycles. The lowest BCUT2D eigenvalue weighted by molar-refractivity contribution is 0.0951. The monoisotopic (exact) mass is 427 g/mol. The highest BCUT2D eigenvalue weighted by Gasteiger charge is 2.38. The first kappa shape index (κ1) is 19.9. The summed E-state index contributed by atoms with van der Waals surface area (Å²) in [6.07, 6.45) is 0.0584. The van der Waals surface area contributed by atoms with Crippen LogP contribution in [-0.4, -0.2) is 39.5 Å². The Morgan fingerprint density at radius 3 is 2.48 bits per heavy atom. The van der Waals surface area contributed by atoms with Crippen molar-refractivity contribution in [1.82, 2.24) is 5.32 Å². The number of halogens is 1. The van der Waals surface area contributed by atoms with E-state index < -0.39 is 36.6 Å². The predicted octanol–water partition coefficient (Wildman–Crippen LogP) is 2.23. The minimum atomic E-state index is -3.87. The molecular formula is C18H18ClNO5S2. The molecule has 1 aliphatic rings. The minimum absolute atomic E-state index is 0.0366. The number of sulfone groups is 2. The topological polar surface area (TPSA) is 97.4 Å². The molecule has 1 atom stereocenters. The second-order valence-electron chi connectivity index (χ2n) is 6.38. The fourth-order valence-corrected chi connectivity index (χ4v) is 7.51. The maximum absolute atomic E-state index is 12.7. The molecule has 3 rings (SSSR count). The Morgan fingerprint density at radius 2 is 1.85 bits per heavy atom. The summed E-state index contributed by atoms with van der Waals surface area (Å²) in [7, 11) is -7.21. The van der Waals surface area contributed by atoms with Gasteiger partial charge in [0.25, 0.3) is 5.91 Å². The molecule has 1 amide bonds. The Hall–Kier alpha value is -1.90. The van der Waals surface area contributed by atoms with Crippen molar-refractivity contribution >= 4 is 37.2 Å². The van der Waals surface area contributed by atoms with Crippen LogP contribution in [0.2, 0.25) is 5.02 Å². The molecule has 0 bridgehead atoms. The van der Waals surface area contributed by atoms with Gasteiger partial charge in [-0.05, 0) is 30.2 Å². The largest absolute Gasteiger partial charge is 0.348 e. The lowest BCUT2D eigenvalue weighted by Gasteiger charge is -2.13. The quantitative estimate of drug-likeness (QED) is 0.789. The van der Waals surface area contributed by atoms with Gasteiger partial charge >= 0.3 is 0 Å². The lowest BCUT2D eigenvalue weighted by atomic mass is 10.2. The van der Waals surface area contributed by atoms with E-state index in [4.69, 9.17) is 11.6 Å². The van der Waals surface area contributed by atoms with Gasteiger partial charge in [-0.25, -0.2) is 16.8 Å². The predicted molar refractivity (Wildman–Crippen MR) is 103 cm³/mol. The van der Waals surface area contributed by atoms with Gasteiger partial charge in [-0.3, -0.25) is 4.79 Å². The number of benzene rings is 2. The number of carbonyl (C=O) groups excluding carboxylic acids is 1. The van der Waals surface area contributed by atoms with Crippen molar-refractivity contribution in [2.24, 2.45) is 0 Å².